The Morgan fingerprint density at radius 2 is 1.80 bits per heavy atom. The number of nitrogens with zero attached hydrogens (tertiary/aromatic N) is 2. The van der Waals surface area contributed by atoms with E-state index in [4.69, 9.17) is 0 Å². The minimum atomic E-state index is -3.15. The molecule has 1 saturated heterocycles. The molecule has 0 aliphatic carbocycles. The molecule has 0 amide bonds. The van der Waals surface area contributed by atoms with Crippen LogP contribution in [-0.4, -0.2) is 58.3 Å². The smallest absolute Gasteiger partial charge is 0.191 e. The molecule has 1 fully saturated rings. The van der Waals surface area contributed by atoms with E-state index in [2.05, 4.69) is 50.9 Å². The fourth-order valence-electron chi connectivity index (χ4n) is 3.82. The normalized spacial score (nSPS) is 17.8. The van der Waals surface area contributed by atoms with Crippen LogP contribution in [0.3, 0.4) is 0 Å². The lowest BCUT2D eigenvalue weighted by Crippen LogP contribution is -2.45. The number of sulfone groups is 1. The Hall–Kier alpha value is -2.38. The van der Waals surface area contributed by atoms with Crippen LogP contribution in [0.25, 0.3) is 0 Å². The third-order valence-electron chi connectivity index (χ3n) is 5.51. The number of hydrogen-bond acceptors (Lipinski definition) is 4. The van der Waals surface area contributed by atoms with Gasteiger partial charge in [0, 0.05) is 39.0 Å². The first-order valence-corrected chi connectivity index (χ1v) is 12.4. The number of benzene rings is 2. The Morgan fingerprint density at radius 1 is 1.07 bits per heavy atom. The maximum absolute atomic E-state index is 11.6. The molecule has 2 aromatic rings. The van der Waals surface area contributed by atoms with E-state index in [9.17, 15) is 8.42 Å². The second kappa shape index (κ2) is 10.6. The molecule has 0 spiro atoms. The molecule has 6 nitrogen and oxygen atoms in total. The first kappa shape index (κ1) is 22.3. The molecule has 0 aromatic heterocycles. The summed E-state index contributed by atoms with van der Waals surface area (Å²) in [5, 5.41) is 6.81. The van der Waals surface area contributed by atoms with Crippen molar-refractivity contribution >= 4 is 15.8 Å². The van der Waals surface area contributed by atoms with Crippen molar-refractivity contribution in [3.05, 3.63) is 65.7 Å². The van der Waals surface area contributed by atoms with Gasteiger partial charge in [0.2, 0.25) is 0 Å². The summed E-state index contributed by atoms with van der Waals surface area (Å²) in [4.78, 5) is 7.23. The fourth-order valence-corrected chi connectivity index (χ4v) is 4.45. The summed E-state index contributed by atoms with van der Waals surface area (Å²) < 4.78 is 23.1. The van der Waals surface area contributed by atoms with Crippen LogP contribution in [0, 0.1) is 0 Å². The van der Waals surface area contributed by atoms with Gasteiger partial charge in [0.15, 0.2) is 15.8 Å². The van der Waals surface area contributed by atoms with E-state index in [1.165, 1.54) is 24.7 Å². The lowest BCUT2D eigenvalue weighted by atomic mass is 10.1. The molecule has 0 saturated carbocycles. The zero-order valence-electron chi connectivity index (χ0n) is 17.8. The van der Waals surface area contributed by atoms with Crippen molar-refractivity contribution in [3.8, 4) is 0 Å². The van der Waals surface area contributed by atoms with Crippen LogP contribution in [-0.2, 0) is 22.8 Å². The van der Waals surface area contributed by atoms with Crippen LogP contribution in [0.4, 0.5) is 0 Å². The van der Waals surface area contributed by atoms with Gasteiger partial charge in [-0.2, -0.15) is 0 Å². The van der Waals surface area contributed by atoms with Gasteiger partial charge in [0.25, 0.3) is 0 Å². The van der Waals surface area contributed by atoms with Gasteiger partial charge in [-0.05, 0) is 49.1 Å². The molecule has 0 bridgehead atoms. The van der Waals surface area contributed by atoms with Crippen LogP contribution in [0.1, 0.15) is 24.0 Å². The molecule has 1 atom stereocenters. The van der Waals surface area contributed by atoms with Crippen molar-refractivity contribution in [1.82, 2.24) is 15.5 Å². The van der Waals surface area contributed by atoms with E-state index >= 15 is 0 Å². The lowest BCUT2D eigenvalue weighted by molar-refractivity contribution is 0.245. The Morgan fingerprint density at radius 3 is 2.47 bits per heavy atom. The van der Waals surface area contributed by atoms with Gasteiger partial charge in [0.1, 0.15) is 0 Å². The summed E-state index contributed by atoms with van der Waals surface area (Å²) >= 11 is 0. The van der Waals surface area contributed by atoms with E-state index in [0.717, 1.165) is 44.1 Å². The molecular formula is C23H32N4O2S. The molecule has 2 N–H and O–H groups in total. The molecule has 1 aliphatic rings. The van der Waals surface area contributed by atoms with Gasteiger partial charge in [-0.25, -0.2) is 8.42 Å². The predicted molar refractivity (Wildman–Crippen MR) is 122 cm³/mol. The number of aliphatic imine (C=N–C) groups is 1. The molecular weight excluding hydrogens is 396 g/mol. The summed E-state index contributed by atoms with van der Waals surface area (Å²) in [6.45, 7) is 3.73. The topological polar surface area (TPSA) is 73.8 Å². The Labute approximate surface area is 180 Å². The van der Waals surface area contributed by atoms with Crippen molar-refractivity contribution in [2.45, 2.75) is 36.7 Å². The standard InChI is InChI=1S/C23H32N4O2S/c1-24-23(25-15-14-19-10-12-22(13-11-19)30(2,28)29)26-17-21-9-6-16-27(21)18-20-7-4-3-5-8-20/h3-5,7-8,10-13,21H,6,9,14-18H2,1-2H3,(H2,24,25,26). The highest BCUT2D eigenvalue weighted by molar-refractivity contribution is 7.90. The van der Waals surface area contributed by atoms with Crippen LogP contribution in [0.5, 0.6) is 0 Å². The third kappa shape index (κ3) is 6.57. The van der Waals surface area contributed by atoms with E-state index in [1.807, 2.05) is 12.1 Å². The van der Waals surface area contributed by atoms with Crippen LogP contribution in [0.2, 0.25) is 0 Å². The SMILES string of the molecule is CN=C(NCCc1ccc(S(C)(=O)=O)cc1)NCC1CCCN1Cc1ccccc1. The van der Waals surface area contributed by atoms with Crippen LogP contribution < -0.4 is 10.6 Å². The molecule has 0 radical (unpaired) electrons. The quantitative estimate of drug-likeness (QED) is 0.499. The largest absolute Gasteiger partial charge is 0.356 e. The van der Waals surface area contributed by atoms with Crippen molar-refractivity contribution < 1.29 is 8.42 Å². The Kier molecular flexibility index (Phi) is 7.87. The molecule has 2 aromatic carbocycles. The predicted octanol–water partition coefficient (Wildman–Crippen LogP) is 2.46. The second-order valence-electron chi connectivity index (χ2n) is 7.80. The summed E-state index contributed by atoms with van der Waals surface area (Å²) in [5.41, 5.74) is 2.45. The summed E-state index contributed by atoms with van der Waals surface area (Å²) in [6, 6.07) is 18.2. The number of rotatable bonds is 8. The van der Waals surface area contributed by atoms with Crippen LogP contribution in [0.15, 0.2) is 64.5 Å². The van der Waals surface area contributed by atoms with Crippen molar-refractivity contribution in [2.75, 3.05) is 32.9 Å². The first-order valence-electron chi connectivity index (χ1n) is 10.5. The van der Waals surface area contributed by atoms with Crippen molar-refractivity contribution in [3.63, 3.8) is 0 Å². The Bertz CT molecular complexity index is 927. The van der Waals surface area contributed by atoms with Gasteiger partial charge < -0.3 is 10.6 Å². The van der Waals surface area contributed by atoms with E-state index in [-0.39, 0.29) is 0 Å². The van der Waals surface area contributed by atoms with Gasteiger partial charge in [-0.1, -0.05) is 42.5 Å². The minimum Gasteiger partial charge on any atom is -0.356 e. The zero-order valence-corrected chi connectivity index (χ0v) is 18.7. The Balaban J connectivity index is 1.43. The van der Waals surface area contributed by atoms with Crippen molar-refractivity contribution in [1.29, 1.82) is 0 Å². The summed E-state index contributed by atoms with van der Waals surface area (Å²) in [5.74, 6) is 0.800. The van der Waals surface area contributed by atoms with E-state index < -0.39 is 9.84 Å². The van der Waals surface area contributed by atoms with E-state index in [0.29, 0.717) is 10.9 Å². The number of hydrogen-bond donors (Lipinski definition) is 2. The highest BCUT2D eigenvalue weighted by Crippen LogP contribution is 2.19. The minimum absolute atomic E-state index is 0.355. The summed E-state index contributed by atoms with van der Waals surface area (Å²) in [7, 11) is -1.36. The highest BCUT2D eigenvalue weighted by atomic mass is 32.2. The zero-order chi connectivity index (χ0) is 21.4. The molecule has 30 heavy (non-hydrogen) atoms. The molecule has 1 heterocycles. The molecule has 1 aliphatic heterocycles. The van der Waals surface area contributed by atoms with Gasteiger partial charge >= 0.3 is 0 Å². The molecule has 3 rings (SSSR count). The number of likely N-dealkylation sites (tertiary alicyclic amines) is 1. The van der Waals surface area contributed by atoms with Gasteiger partial charge in [0.05, 0.1) is 4.90 Å². The molecule has 7 heteroatoms. The average molecular weight is 429 g/mol. The fraction of sp³-hybridized carbons (Fsp3) is 0.435. The van der Waals surface area contributed by atoms with Gasteiger partial charge in [-0.15, -0.1) is 0 Å². The lowest BCUT2D eigenvalue weighted by Gasteiger charge is -2.25. The van der Waals surface area contributed by atoms with Gasteiger partial charge in [-0.3, -0.25) is 9.89 Å². The number of guanidine groups is 1. The molecule has 1 unspecified atom stereocenters. The average Bonchev–Trinajstić information content (AvgIpc) is 3.18. The second-order valence-corrected chi connectivity index (χ2v) is 9.81. The highest BCUT2D eigenvalue weighted by Gasteiger charge is 2.24. The van der Waals surface area contributed by atoms with Crippen molar-refractivity contribution in [2.24, 2.45) is 4.99 Å². The number of nitrogens with one attached hydrogen (secondary N) is 2. The maximum Gasteiger partial charge on any atom is 0.191 e. The maximum atomic E-state index is 11.6. The molecule has 162 valence electrons. The van der Waals surface area contributed by atoms with Crippen LogP contribution >= 0.6 is 0 Å². The monoisotopic (exact) mass is 428 g/mol. The van der Waals surface area contributed by atoms with E-state index in [1.54, 1.807) is 19.2 Å². The first-order chi connectivity index (χ1) is 14.5. The summed E-state index contributed by atoms with van der Waals surface area (Å²) in [6.07, 6.45) is 4.46. The third-order valence-corrected chi connectivity index (χ3v) is 6.64.